The van der Waals surface area contributed by atoms with Gasteiger partial charge in [0, 0.05) is 68.8 Å². The molecule has 2 saturated heterocycles. The molecular weight excluding hydrogens is 803 g/mol. The van der Waals surface area contributed by atoms with E-state index in [-0.39, 0.29) is 59.8 Å². The van der Waals surface area contributed by atoms with Gasteiger partial charge in [0.15, 0.2) is 17.3 Å². The van der Waals surface area contributed by atoms with Crippen LogP contribution in [0.5, 0.6) is 0 Å². The number of imide groups is 1. The highest BCUT2D eigenvalue weighted by Gasteiger charge is 2.48. The van der Waals surface area contributed by atoms with Crippen LogP contribution in [0.15, 0.2) is 36.7 Å². The van der Waals surface area contributed by atoms with E-state index in [2.05, 4.69) is 43.0 Å². The van der Waals surface area contributed by atoms with Gasteiger partial charge in [-0.05, 0) is 82.9 Å². The molecule has 5 heterocycles. The second kappa shape index (κ2) is 17.4. The topological polar surface area (TPSA) is 176 Å². The lowest BCUT2D eigenvalue weighted by Crippen LogP contribution is -2.52. The van der Waals surface area contributed by atoms with E-state index in [1.54, 1.807) is 27.7 Å². The first-order chi connectivity index (χ1) is 29.9. The summed E-state index contributed by atoms with van der Waals surface area (Å²) in [6.07, 6.45) is 11.3. The van der Waals surface area contributed by atoms with Crippen molar-refractivity contribution in [2.75, 3.05) is 62.5 Å². The molecule has 3 amide bonds. The molecule has 3 N–H and O–H groups in total. The van der Waals surface area contributed by atoms with E-state index in [0.29, 0.717) is 47.8 Å². The Kier molecular flexibility index (Phi) is 11.8. The lowest BCUT2D eigenvalue weighted by molar-refractivity contribution is -0.137. The summed E-state index contributed by atoms with van der Waals surface area (Å²) in [5.41, 5.74) is 1.15. The Bertz CT molecular complexity index is 2250. The number of benzene rings is 1. The maximum absolute atomic E-state index is 14.4. The molecule has 1 aromatic carbocycles. The number of fused-ring (bicyclic) bond motifs is 2. The molecule has 330 valence electrons. The second-order valence-corrected chi connectivity index (χ2v) is 17.8. The molecule has 4 fully saturated rings. The minimum atomic E-state index is -2.86. The molecule has 2 saturated carbocycles. The van der Waals surface area contributed by atoms with Crippen LogP contribution in [0.3, 0.4) is 0 Å². The first-order valence-corrected chi connectivity index (χ1v) is 22.0. The number of nitrogens with one attached hydrogen (secondary N) is 3. The van der Waals surface area contributed by atoms with Crippen LogP contribution in [-0.2, 0) is 14.3 Å². The summed E-state index contributed by atoms with van der Waals surface area (Å²) in [6, 6.07) is 5.69. The van der Waals surface area contributed by atoms with Crippen LogP contribution >= 0.6 is 0 Å². The minimum absolute atomic E-state index is 0.00351. The predicted octanol–water partition coefficient (Wildman–Crippen LogP) is 4.98. The van der Waals surface area contributed by atoms with Gasteiger partial charge in [0.25, 0.3) is 12.3 Å². The van der Waals surface area contributed by atoms with Crippen molar-refractivity contribution in [1.82, 2.24) is 34.7 Å². The number of anilines is 3. The normalized spacial score (nSPS) is 28.0. The smallest absolute Gasteiger partial charge is 0.284 e. The maximum atomic E-state index is 14.4. The van der Waals surface area contributed by atoms with E-state index >= 15 is 0 Å². The van der Waals surface area contributed by atoms with Crippen molar-refractivity contribution < 1.29 is 37.5 Å². The number of halogens is 2. The molecule has 3 atom stereocenters. The molecule has 0 bridgehead atoms. The number of carbonyl (C=O) groups excluding carboxylic acids is 5. The zero-order valence-electron chi connectivity index (χ0n) is 35.1. The largest absolute Gasteiger partial charge is 0.382 e. The average Bonchev–Trinajstić information content (AvgIpc) is 3.97. The number of ketones is 2. The van der Waals surface area contributed by atoms with Crippen molar-refractivity contribution in [2.24, 2.45) is 17.8 Å². The number of alkyl halides is 2. The second-order valence-electron chi connectivity index (χ2n) is 17.8. The van der Waals surface area contributed by atoms with Gasteiger partial charge in [-0.1, -0.05) is 12.1 Å². The fraction of sp³-hybridized carbons (Fsp3) is 0.568. The number of carbonyl (C=O) groups is 5. The first kappa shape index (κ1) is 42.0. The van der Waals surface area contributed by atoms with Crippen LogP contribution in [0.4, 0.5) is 26.0 Å². The predicted molar refractivity (Wildman–Crippen MR) is 225 cm³/mol. The maximum Gasteiger partial charge on any atom is 0.284 e. The van der Waals surface area contributed by atoms with E-state index < -0.39 is 35.8 Å². The van der Waals surface area contributed by atoms with Gasteiger partial charge in [0.1, 0.15) is 17.5 Å². The molecular formula is C44H54F2N10O6. The van der Waals surface area contributed by atoms with Crippen LogP contribution < -0.4 is 20.9 Å². The van der Waals surface area contributed by atoms with Crippen molar-refractivity contribution in [2.45, 2.75) is 94.9 Å². The fourth-order valence-electron chi connectivity index (χ4n) is 10.6. The average molecular weight is 857 g/mol. The van der Waals surface area contributed by atoms with Crippen LogP contribution in [0.2, 0.25) is 0 Å². The number of hydrogen-bond donors (Lipinski definition) is 3. The highest BCUT2D eigenvalue weighted by atomic mass is 19.3. The van der Waals surface area contributed by atoms with Crippen LogP contribution in [0.25, 0.3) is 6.20 Å². The number of ether oxygens (including phenoxy) is 1. The van der Waals surface area contributed by atoms with Crippen LogP contribution in [-0.4, -0.2) is 124 Å². The number of likely N-dealkylation sites (N-methyl/N-ethyl adjacent to an activating group) is 1. The summed E-state index contributed by atoms with van der Waals surface area (Å²) in [5.74, 6) is -3.10. The molecule has 3 unspecified atom stereocenters. The standard InChI is InChI=1S/C44H54F2N10O6/c1-52(27-12-8-26(9-13-27)48-32-5-3-4-29-36(32)40(59)37(39(29)58)30-14-15-34(57)50-42(30)60)23-25-6-10-28(11-7-25)56-24-33(38(51-56)41(45)46)49-43(61)31-22-47-55-17-16-35(53(2)44(31)55)54-18-20-62-21-19-54/h3-5,16-17,22,24-28,30,35,37,41,48H,6-15,18-21,23H2,1-2H3,(H,49,61)(H,50,57,60). The van der Waals surface area contributed by atoms with Crippen molar-refractivity contribution in [3.63, 3.8) is 0 Å². The number of piperidine rings is 1. The molecule has 3 aliphatic heterocycles. The van der Waals surface area contributed by atoms with Gasteiger partial charge < -0.3 is 25.2 Å². The quantitative estimate of drug-likeness (QED) is 0.175. The Morgan fingerprint density at radius 2 is 1.74 bits per heavy atom. The minimum Gasteiger partial charge on any atom is -0.382 e. The summed E-state index contributed by atoms with van der Waals surface area (Å²) in [5, 5.41) is 17.3. The summed E-state index contributed by atoms with van der Waals surface area (Å²) in [4.78, 5) is 71.7. The molecule has 0 radical (unpaired) electrons. The zero-order valence-corrected chi connectivity index (χ0v) is 35.1. The first-order valence-electron chi connectivity index (χ1n) is 22.0. The summed E-state index contributed by atoms with van der Waals surface area (Å²) >= 11 is 0. The SMILES string of the molecule is CN(CC1CCC(n2cc(NC(=O)c3cnn4c3N(C)C(N3CCOCC3)C=C4)c(C(F)F)n2)CC1)C1CCC(Nc2cccc3c2C(=O)C(C2CCC(=O)NC2=O)C3=O)CC1. The Hall–Kier alpha value is -5.33. The van der Waals surface area contributed by atoms with Crippen molar-refractivity contribution in [3.8, 4) is 0 Å². The molecule has 18 heteroatoms. The van der Waals surface area contributed by atoms with Crippen molar-refractivity contribution >= 4 is 52.7 Å². The molecule has 6 aliphatic rings. The van der Waals surface area contributed by atoms with Gasteiger partial charge in [-0.2, -0.15) is 10.2 Å². The van der Waals surface area contributed by atoms with Crippen molar-refractivity contribution in [3.05, 3.63) is 59.1 Å². The summed E-state index contributed by atoms with van der Waals surface area (Å²) in [7, 11) is 4.06. The Labute approximate surface area is 358 Å². The van der Waals surface area contributed by atoms with Crippen LogP contribution in [0.1, 0.15) is 113 Å². The number of morpholine rings is 1. The molecule has 62 heavy (non-hydrogen) atoms. The highest BCUT2D eigenvalue weighted by Crippen LogP contribution is 2.40. The zero-order chi connectivity index (χ0) is 43.2. The fourth-order valence-corrected chi connectivity index (χ4v) is 10.6. The third kappa shape index (κ3) is 8.07. The molecule has 0 spiro atoms. The number of Topliss-reactive ketones (excluding diaryl/α,β-unsaturated/α-hetero) is 2. The van der Waals surface area contributed by atoms with E-state index in [4.69, 9.17) is 4.74 Å². The molecule has 3 aromatic rings. The Balaban J connectivity index is 0.764. The van der Waals surface area contributed by atoms with E-state index in [1.807, 2.05) is 30.3 Å². The van der Waals surface area contributed by atoms with E-state index in [0.717, 1.165) is 71.0 Å². The third-order valence-electron chi connectivity index (χ3n) is 14.0. The van der Waals surface area contributed by atoms with Gasteiger partial charge in [0.05, 0.1) is 48.5 Å². The molecule has 16 nitrogen and oxygen atoms in total. The van der Waals surface area contributed by atoms with Gasteiger partial charge in [-0.3, -0.25) is 38.9 Å². The highest BCUT2D eigenvalue weighted by molar-refractivity contribution is 6.30. The van der Waals surface area contributed by atoms with Gasteiger partial charge in [-0.15, -0.1) is 0 Å². The number of nitrogens with zero attached hydrogens (tertiary/aromatic N) is 7. The monoisotopic (exact) mass is 856 g/mol. The van der Waals surface area contributed by atoms with Gasteiger partial charge >= 0.3 is 0 Å². The molecule has 2 aromatic heterocycles. The number of hydrogen-bond acceptors (Lipinski definition) is 12. The van der Waals surface area contributed by atoms with Crippen LogP contribution in [0, 0.1) is 17.8 Å². The van der Waals surface area contributed by atoms with E-state index in [1.165, 1.54) is 6.20 Å². The summed E-state index contributed by atoms with van der Waals surface area (Å²) < 4.78 is 37.5. The van der Waals surface area contributed by atoms with E-state index in [9.17, 15) is 32.8 Å². The lowest BCUT2D eigenvalue weighted by Gasteiger charge is -2.40. The third-order valence-corrected chi connectivity index (χ3v) is 14.0. The molecule has 3 aliphatic carbocycles. The molecule has 9 rings (SSSR count). The number of rotatable bonds is 11. The lowest BCUT2D eigenvalue weighted by atomic mass is 9.82. The van der Waals surface area contributed by atoms with Gasteiger partial charge in [-0.25, -0.2) is 13.5 Å². The number of amides is 3. The Morgan fingerprint density at radius 3 is 2.47 bits per heavy atom. The number of aromatic nitrogens is 4. The Morgan fingerprint density at radius 1 is 0.984 bits per heavy atom. The summed E-state index contributed by atoms with van der Waals surface area (Å²) in [6.45, 7) is 3.67. The van der Waals surface area contributed by atoms with Gasteiger partial charge in [0.2, 0.25) is 11.8 Å². The van der Waals surface area contributed by atoms with Crippen molar-refractivity contribution in [1.29, 1.82) is 0 Å².